The number of benzene rings is 1. The van der Waals surface area contributed by atoms with Crippen LogP contribution in [0.2, 0.25) is 0 Å². The van der Waals surface area contributed by atoms with Gasteiger partial charge in [-0.3, -0.25) is 9.59 Å². The van der Waals surface area contributed by atoms with E-state index in [4.69, 9.17) is 0 Å². The number of piperazine rings is 1. The average Bonchev–Trinajstić information content (AvgIpc) is 2.24. The first-order valence-corrected chi connectivity index (χ1v) is 5.19. The Morgan fingerprint density at radius 2 is 2.00 bits per heavy atom. The van der Waals surface area contributed by atoms with E-state index in [0.29, 0.717) is 0 Å². The van der Waals surface area contributed by atoms with Gasteiger partial charge in [0.15, 0.2) is 0 Å². The number of aryl methyl sites for hydroxylation is 1. The maximum absolute atomic E-state index is 11.9. The van der Waals surface area contributed by atoms with Crippen LogP contribution in [0.25, 0.3) is 0 Å². The second kappa shape index (κ2) is 3.96. The number of amides is 2. The van der Waals surface area contributed by atoms with Crippen LogP contribution in [0.4, 0.5) is 0 Å². The topological polar surface area (TPSA) is 49.4 Å². The molecule has 4 heteroatoms. The lowest BCUT2D eigenvalue weighted by Crippen LogP contribution is -2.51. The van der Waals surface area contributed by atoms with E-state index in [9.17, 15) is 9.59 Å². The van der Waals surface area contributed by atoms with E-state index in [2.05, 4.69) is 5.32 Å². The van der Waals surface area contributed by atoms with E-state index in [0.717, 1.165) is 11.1 Å². The number of nitrogens with zero attached hydrogens (tertiary/aromatic N) is 1. The second-order valence-corrected chi connectivity index (χ2v) is 4.05. The molecule has 0 aromatic heterocycles. The van der Waals surface area contributed by atoms with Gasteiger partial charge in [0.25, 0.3) is 0 Å². The van der Waals surface area contributed by atoms with Gasteiger partial charge in [0.05, 0.1) is 6.54 Å². The number of rotatable bonds is 1. The normalized spacial score (nSPS) is 20.9. The minimum absolute atomic E-state index is 0.0612. The molecule has 16 heavy (non-hydrogen) atoms. The Morgan fingerprint density at radius 1 is 1.31 bits per heavy atom. The SMILES string of the molecule is Cc1ccccc1[C@H]1NC(=O)CN(C)C1=O. The molecule has 0 spiro atoms. The quantitative estimate of drug-likeness (QED) is 0.751. The van der Waals surface area contributed by atoms with Gasteiger partial charge >= 0.3 is 0 Å². The maximum Gasteiger partial charge on any atom is 0.250 e. The number of carbonyl (C=O) groups excluding carboxylic acids is 2. The Kier molecular flexibility index (Phi) is 2.64. The molecule has 1 aliphatic heterocycles. The van der Waals surface area contributed by atoms with E-state index in [1.54, 1.807) is 7.05 Å². The van der Waals surface area contributed by atoms with Crippen LogP contribution in [0, 0.1) is 6.92 Å². The fourth-order valence-electron chi connectivity index (χ4n) is 1.90. The summed E-state index contributed by atoms with van der Waals surface area (Å²) < 4.78 is 0. The Morgan fingerprint density at radius 3 is 2.69 bits per heavy atom. The molecule has 2 amide bonds. The molecular weight excluding hydrogens is 204 g/mol. The molecule has 1 N–H and O–H groups in total. The summed E-state index contributed by atoms with van der Waals surface area (Å²) in [5.41, 5.74) is 1.88. The molecule has 1 fully saturated rings. The van der Waals surface area contributed by atoms with Gasteiger partial charge in [-0.05, 0) is 18.1 Å². The Hall–Kier alpha value is -1.84. The van der Waals surface area contributed by atoms with Crippen molar-refractivity contribution in [2.24, 2.45) is 0 Å². The molecule has 0 aliphatic carbocycles. The zero-order valence-corrected chi connectivity index (χ0v) is 9.36. The molecule has 4 nitrogen and oxygen atoms in total. The van der Waals surface area contributed by atoms with Crippen molar-refractivity contribution in [3.8, 4) is 0 Å². The number of hydrogen-bond donors (Lipinski definition) is 1. The lowest BCUT2D eigenvalue weighted by Gasteiger charge is -2.30. The zero-order chi connectivity index (χ0) is 11.7. The van der Waals surface area contributed by atoms with Crippen molar-refractivity contribution in [2.45, 2.75) is 13.0 Å². The van der Waals surface area contributed by atoms with Crippen molar-refractivity contribution in [1.82, 2.24) is 10.2 Å². The van der Waals surface area contributed by atoms with Gasteiger partial charge < -0.3 is 10.2 Å². The van der Waals surface area contributed by atoms with E-state index < -0.39 is 6.04 Å². The van der Waals surface area contributed by atoms with Crippen LogP contribution in [0.3, 0.4) is 0 Å². The summed E-state index contributed by atoms with van der Waals surface area (Å²) in [6.07, 6.45) is 0. The third kappa shape index (κ3) is 1.78. The van der Waals surface area contributed by atoms with Crippen molar-refractivity contribution in [1.29, 1.82) is 0 Å². The Labute approximate surface area is 94.2 Å². The van der Waals surface area contributed by atoms with Crippen LogP contribution in [0.1, 0.15) is 17.2 Å². The summed E-state index contributed by atoms with van der Waals surface area (Å²) in [5, 5.41) is 2.72. The Balaban J connectivity index is 2.36. The lowest BCUT2D eigenvalue weighted by atomic mass is 9.99. The van der Waals surface area contributed by atoms with Crippen LogP contribution in [0.5, 0.6) is 0 Å². The molecular formula is C12H14N2O2. The number of hydrogen-bond acceptors (Lipinski definition) is 2. The van der Waals surface area contributed by atoms with Gasteiger partial charge in [-0.1, -0.05) is 24.3 Å². The maximum atomic E-state index is 11.9. The second-order valence-electron chi connectivity index (χ2n) is 4.05. The van der Waals surface area contributed by atoms with Crippen molar-refractivity contribution in [3.05, 3.63) is 35.4 Å². The van der Waals surface area contributed by atoms with Crippen molar-refractivity contribution >= 4 is 11.8 Å². The van der Waals surface area contributed by atoms with Crippen LogP contribution in [-0.4, -0.2) is 30.3 Å². The van der Waals surface area contributed by atoms with E-state index in [-0.39, 0.29) is 18.4 Å². The van der Waals surface area contributed by atoms with Crippen LogP contribution < -0.4 is 5.32 Å². The highest BCUT2D eigenvalue weighted by molar-refractivity contribution is 5.95. The van der Waals surface area contributed by atoms with Crippen molar-refractivity contribution in [2.75, 3.05) is 13.6 Å². The number of likely N-dealkylation sites (N-methyl/N-ethyl adjacent to an activating group) is 1. The predicted molar refractivity (Wildman–Crippen MR) is 59.7 cm³/mol. The molecule has 0 radical (unpaired) electrons. The minimum atomic E-state index is -0.535. The fourth-order valence-corrected chi connectivity index (χ4v) is 1.90. The zero-order valence-electron chi connectivity index (χ0n) is 9.36. The molecule has 0 bridgehead atoms. The highest BCUT2D eigenvalue weighted by atomic mass is 16.2. The number of nitrogens with one attached hydrogen (secondary N) is 1. The first-order valence-electron chi connectivity index (χ1n) is 5.19. The van der Waals surface area contributed by atoms with Crippen molar-refractivity contribution < 1.29 is 9.59 Å². The minimum Gasteiger partial charge on any atom is -0.339 e. The van der Waals surface area contributed by atoms with Gasteiger partial charge in [-0.25, -0.2) is 0 Å². The van der Waals surface area contributed by atoms with Crippen LogP contribution in [-0.2, 0) is 9.59 Å². The molecule has 1 aromatic rings. The van der Waals surface area contributed by atoms with Gasteiger partial charge in [-0.2, -0.15) is 0 Å². The first-order chi connectivity index (χ1) is 7.59. The van der Waals surface area contributed by atoms with Gasteiger partial charge in [0.1, 0.15) is 6.04 Å². The Bertz CT molecular complexity index is 442. The monoisotopic (exact) mass is 218 g/mol. The summed E-state index contributed by atoms with van der Waals surface area (Å²) in [4.78, 5) is 24.8. The third-order valence-electron chi connectivity index (χ3n) is 2.81. The summed E-state index contributed by atoms with van der Waals surface area (Å²) in [6, 6.07) is 7.06. The fraction of sp³-hybridized carbons (Fsp3) is 0.333. The molecule has 2 rings (SSSR count). The highest BCUT2D eigenvalue weighted by Crippen LogP contribution is 2.21. The van der Waals surface area contributed by atoms with Crippen LogP contribution in [0.15, 0.2) is 24.3 Å². The predicted octanol–water partition coefficient (Wildman–Crippen LogP) is 0.624. The molecule has 1 atom stereocenters. The van der Waals surface area contributed by atoms with E-state index in [1.807, 2.05) is 31.2 Å². The largest absolute Gasteiger partial charge is 0.339 e. The molecule has 0 saturated carbocycles. The van der Waals surface area contributed by atoms with Gasteiger partial charge in [0.2, 0.25) is 11.8 Å². The van der Waals surface area contributed by atoms with E-state index >= 15 is 0 Å². The highest BCUT2D eigenvalue weighted by Gasteiger charge is 2.32. The molecule has 1 aliphatic rings. The standard InChI is InChI=1S/C12H14N2O2/c1-8-5-3-4-6-9(8)11-12(16)14(2)7-10(15)13-11/h3-6,11H,7H2,1-2H3,(H,13,15)/t11-/m1/s1. The van der Waals surface area contributed by atoms with Gasteiger partial charge in [-0.15, -0.1) is 0 Å². The first kappa shape index (κ1) is 10.7. The lowest BCUT2D eigenvalue weighted by molar-refractivity contribution is -0.143. The molecule has 0 unspecified atom stereocenters. The smallest absolute Gasteiger partial charge is 0.250 e. The summed E-state index contributed by atoms with van der Waals surface area (Å²) in [6.45, 7) is 2.07. The molecule has 84 valence electrons. The van der Waals surface area contributed by atoms with E-state index in [1.165, 1.54) is 4.90 Å². The van der Waals surface area contributed by atoms with Crippen molar-refractivity contribution in [3.63, 3.8) is 0 Å². The average molecular weight is 218 g/mol. The third-order valence-corrected chi connectivity index (χ3v) is 2.81. The molecule has 1 heterocycles. The summed E-state index contributed by atoms with van der Waals surface area (Å²) in [7, 11) is 1.65. The van der Waals surface area contributed by atoms with Gasteiger partial charge in [0, 0.05) is 7.05 Å². The number of carbonyl (C=O) groups is 2. The molecule has 1 aromatic carbocycles. The van der Waals surface area contributed by atoms with Crippen LogP contribution >= 0.6 is 0 Å². The summed E-state index contributed by atoms with van der Waals surface area (Å²) in [5.74, 6) is -0.177. The molecule has 1 saturated heterocycles. The summed E-state index contributed by atoms with van der Waals surface area (Å²) >= 11 is 0.